The summed E-state index contributed by atoms with van der Waals surface area (Å²) in [6.45, 7) is 0.292. The SMILES string of the molecule is N#CC(=Cc1ccc(OCc2ccccc2C#N)c(Br)c1)c1nc2ccccc2[nH]1. The van der Waals surface area contributed by atoms with Crippen LogP contribution in [-0.2, 0) is 6.61 Å². The molecule has 0 aliphatic carbocycles. The number of hydrogen-bond acceptors (Lipinski definition) is 4. The van der Waals surface area contributed by atoms with Crippen molar-refractivity contribution >= 4 is 38.6 Å². The van der Waals surface area contributed by atoms with E-state index in [0.29, 0.717) is 29.3 Å². The molecule has 0 saturated heterocycles. The number of halogens is 1. The number of nitrogens with zero attached hydrogens (tertiary/aromatic N) is 3. The third-order valence-electron chi connectivity index (χ3n) is 4.55. The molecule has 4 aromatic rings. The lowest BCUT2D eigenvalue weighted by molar-refractivity contribution is 0.304. The highest BCUT2D eigenvalue weighted by Crippen LogP contribution is 2.29. The van der Waals surface area contributed by atoms with E-state index < -0.39 is 0 Å². The number of nitriles is 2. The van der Waals surface area contributed by atoms with Crippen molar-refractivity contribution in [1.29, 1.82) is 10.5 Å². The highest BCUT2D eigenvalue weighted by Gasteiger charge is 2.09. The number of para-hydroxylation sites is 2. The van der Waals surface area contributed by atoms with Gasteiger partial charge in [-0.1, -0.05) is 36.4 Å². The van der Waals surface area contributed by atoms with Crippen molar-refractivity contribution in [2.24, 2.45) is 0 Å². The predicted molar refractivity (Wildman–Crippen MR) is 119 cm³/mol. The lowest BCUT2D eigenvalue weighted by Crippen LogP contribution is -1.98. The Morgan fingerprint density at radius 3 is 2.63 bits per heavy atom. The zero-order chi connectivity index (χ0) is 20.9. The standard InChI is InChI=1S/C24H15BrN4O/c25-20-12-16(9-10-23(20)30-15-18-6-2-1-5-17(18)13-26)11-19(14-27)24-28-21-7-3-4-8-22(21)29-24/h1-12H,15H2,(H,28,29). The molecule has 6 heteroatoms. The lowest BCUT2D eigenvalue weighted by atomic mass is 10.1. The molecule has 0 saturated carbocycles. The number of ether oxygens (including phenoxy) is 1. The molecule has 1 N–H and O–H groups in total. The molecule has 0 amide bonds. The maximum atomic E-state index is 9.61. The second kappa shape index (κ2) is 8.65. The fourth-order valence-corrected chi connectivity index (χ4v) is 3.55. The van der Waals surface area contributed by atoms with Crippen LogP contribution < -0.4 is 4.74 Å². The minimum absolute atomic E-state index is 0.292. The van der Waals surface area contributed by atoms with Gasteiger partial charge in [-0.3, -0.25) is 0 Å². The van der Waals surface area contributed by atoms with Crippen LogP contribution >= 0.6 is 15.9 Å². The number of hydrogen-bond donors (Lipinski definition) is 1. The molecule has 0 fully saturated rings. The number of nitrogens with one attached hydrogen (secondary N) is 1. The summed E-state index contributed by atoms with van der Waals surface area (Å²) in [6, 6.07) is 25.0. The molecule has 3 aromatic carbocycles. The van der Waals surface area contributed by atoms with Gasteiger partial charge in [0.25, 0.3) is 0 Å². The summed E-state index contributed by atoms with van der Waals surface area (Å²) < 4.78 is 6.63. The second-order valence-corrected chi connectivity index (χ2v) is 7.37. The van der Waals surface area contributed by atoms with E-state index in [-0.39, 0.29) is 0 Å². The van der Waals surface area contributed by atoms with Crippen LogP contribution in [0.3, 0.4) is 0 Å². The van der Waals surface area contributed by atoms with Crippen molar-refractivity contribution < 1.29 is 4.74 Å². The number of aromatic amines is 1. The van der Waals surface area contributed by atoms with Crippen molar-refractivity contribution in [3.63, 3.8) is 0 Å². The van der Waals surface area contributed by atoms with E-state index in [1.165, 1.54) is 0 Å². The highest BCUT2D eigenvalue weighted by atomic mass is 79.9. The van der Waals surface area contributed by atoms with Crippen LogP contribution in [0, 0.1) is 22.7 Å². The molecule has 0 atom stereocenters. The van der Waals surface area contributed by atoms with Gasteiger partial charge in [0, 0.05) is 5.56 Å². The van der Waals surface area contributed by atoms with Gasteiger partial charge in [0.1, 0.15) is 24.3 Å². The van der Waals surface area contributed by atoms with Gasteiger partial charge in [-0.2, -0.15) is 10.5 Å². The molecule has 0 spiro atoms. The first kappa shape index (κ1) is 19.4. The highest BCUT2D eigenvalue weighted by molar-refractivity contribution is 9.10. The van der Waals surface area contributed by atoms with Crippen LogP contribution in [0.2, 0.25) is 0 Å². The van der Waals surface area contributed by atoms with Crippen LogP contribution in [0.25, 0.3) is 22.7 Å². The average Bonchev–Trinajstić information content (AvgIpc) is 3.21. The molecule has 1 heterocycles. The minimum atomic E-state index is 0.292. The largest absolute Gasteiger partial charge is 0.488 e. The van der Waals surface area contributed by atoms with E-state index in [1.807, 2.05) is 60.7 Å². The molecule has 0 aliphatic rings. The maximum Gasteiger partial charge on any atom is 0.149 e. The smallest absolute Gasteiger partial charge is 0.149 e. The molecule has 0 bridgehead atoms. The fraction of sp³-hybridized carbons (Fsp3) is 0.0417. The van der Waals surface area contributed by atoms with Crippen LogP contribution in [-0.4, -0.2) is 9.97 Å². The summed E-state index contributed by atoms with van der Waals surface area (Å²) in [5.74, 6) is 1.19. The van der Waals surface area contributed by atoms with E-state index in [1.54, 1.807) is 12.1 Å². The van der Waals surface area contributed by atoms with Gasteiger partial charge in [0.05, 0.1) is 32.7 Å². The quantitative estimate of drug-likeness (QED) is 0.383. The summed E-state index contributed by atoms with van der Waals surface area (Å²) in [7, 11) is 0. The van der Waals surface area contributed by atoms with E-state index >= 15 is 0 Å². The lowest BCUT2D eigenvalue weighted by Gasteiger charge is -2.10. The molecule has 0 unspecified atom stereocenters. The van der Waals surface area contributed by atoms with Crippen LogP contribution in [0.5, 0.6) is 5.75 Å². The summed E-state index contributed by atoms with van der Waals surface area (Å²) >= 11 is 3.53. The number of aromatic nitrogens is 2. The number of allylic oxidation sites excluding steroid dienone is 1. The molecular weight excluding hydrogens is 440 g/mol. The summed E-state index contributed by atoms with van der Waals surface area (Å²) in [5, 5.41) is 18.8. The van der Waals surface area contributed by atoms with Crippen LogP contribution in [0.15, 0.2) is 71.2 Å². The first-order chi connectivity index (χ1) is 14.7. The Morgan fingerprint density at radius 1 is 1.07 bits per heavy atom. The van der Waals surface area contributed by atoms with E-state index in [4.69, 9.17) is 4.74 Å². The second-order valence-electron chi connectivity index (χ2n) is 6.52. The molecule has 0 radical (unpaired) electrons. The number of benzene rings is 3. The summed E-state index contributed by atoms with van der Waals surface area (Å²) in [4.78, 5) is 7.67. The molecule has 144 valence electrons. The number of rotatable bonds is 5. The number of imidazole rings is 1. The normalized spacial score (nSPS) is 11.1. The molecule has 4 rings (SSSR count). The minimum Gasteiger partial charge on any atom is -0.488 e. The molecule has 0 aliphatic heterocycles. The Hall–Kier alpha value is -3.87. The van der Waals surface area contributed by atoms with Crippen LogP contribution in [0.1, 0.15) is 22.5 Å². The van der Waals surface area contributed by atoms with Crippen molar-refractivity contribution in [2.45, 2.75) is 6.61 Å². The van der Waals surface area contributed by atoms with Crippen LogP contribution in [0.4, 0.5) is 0 Å². The Morgan fingerprint density at radius 2 is 1.87 bits per heavy atom. The topological polar surface area (TPSA) is 85.5 Å². The van der Waals surface area contributed by atoms with Gasteiger partial charge < -0.3 is 9.72 Å². The van der Waals surface area contributed by atoms with Gasteiger partial charge in [-0.05, 0) is 57.9 Å². The Balaban J connectivity index is 1.56. The Kier molecular flexibility index (Phi) is 5.61. The van der Waals surface area contributed by atoms with E-state index in [9.17, 15) is 10.5 Å². The molecule has 1 aromatic heterocycles. The van der Waals surface area contributed by atoms with Crippen molar-refractivity contribution in [1.82, 2.24) is 9.97 Å². The van der Waals surface area contributed by atoms with E-state index in [0.717, 1.165) is 26.6 Å². The van der Waals surface area contributed by atoms with Gasteiger partial charge in [0.15, 0.2) is 0 Å². The molecule has 5 nitrogen and oxygen atoms in total. The zero-order valence-corrected chi connectivity index (χ0v) is 17.3. The van der Waals surface area contributed by atoms with Crippen molar-refractivity contribution in [2.75, 3.05) is 0 Å². The van der Waals surface area contributed by atoms with Crippen molar-refractivity contribution in [3.8, 4) is 17.9 Å². The average molecular weight is 455 g/mol. The third kappa shape index (κ3) is 4.10. The van der Waals surface area contributed by atoms with Crippen molar-refractivity contribution in [3.05, 3.63) is 93.7 Å². The first-order valence-electron chi connectivity index (χ1n) is 9.15. The maximum absolute atomic E-state index is 9.61. The van der Waals surface area contributed by atoms with Gasteiger partial charge in [0.2, 0.25) is 0 Å². The fourth-order valence-electron chi connectivity index (χ4n) is 3.04. The summed E-state index contributed by atoms with van der Waals surface area (Å²) in [6.07, 6.45) is 1.78. The van der Waals surface area contributed by atoms with Gasteiger partial charge in [-0.15, -0.1) is 0 Å². The van der Waals surface area contributed by atoms with Gasteiger partial charge in [-0.25, -0.2) is 4.98 Å². The third-order valence-corrected chi connectivity index (χ3v) is 5.17. The summed E-state index contributed by atoms with van der Waals surface area (Å²) in [5.41, 5.74) is 4.40. The molecular formula is C24H15BrN4O. The molecule has 30 heavy (non-hydrogen) atoms. The van der Waals surface area contributed by atoms with Gasteiger partial charge >= 0.3 is 0 Å². The predicted octanol–water partition coefficient (Wildman–Crippen LogP) is 5.84. The monoisotopic (exact) mass is 454 g/mol. The Labute approximate surface area is 182 Å². The van der Waals surface area contributed by atoms with E-state index in [2.05, 4.69) is 38.0 Å². The number of H-pyrrole nitrogens is 1. The first-order valence-corrected chi connectivity index (χ1v) is 9.94. The zero-order valence-electron chi connectivity index (χ0n) is 15.8. The number of fused-ring (bicyclic) bond motifs is 1. The Bertz CT molecular complexity index is 1310.